The molecule has 0 heterocycles. The Morgan fingerprint density at radius 3 is 2.44 bits per heavy atom. The maximum absolute atomic E-state index is 5.80. The van der Waals surface area contributed by atoms with Gasteiger partial charge in [-0.25, -0.2) is 0 Å². The molecule has 0 aliphatic rings. The standard InChI is InChI=1S/C14H30ClN/c1-5-7-8-13(6-2)11-16-12-14(3,4)9-10-15/h13,16H,5-12H2,1-4H3. The zero-order valence-corrected chi connectivity index (χ0v) is 12.4. The lowest BCUT2D eigenvalue weighted by molar-refractivity contribution is 0.310. The lowest BCUT2D eigenvalue weighted by Gasteiger charge is -2.25. The van der Waals surface area contributed by atoms with Crippen LogP contribution in [-0.2, 0) is 0 Å². The van der Waals surface area contributed by atoms with Crippen LogP contribution in [-0.4, -0.2) is 19.0 Å². The Labute approximate surface area is 107 Å². The highest BCUT2D eigenvalue weighted by Gasteiger charge is 2.16. The van der Waals surface area contributed by atoms with Crippen molar-refractivity contribution in [1.82, 2.24) is 5.32 Å². The van der Waals surface area contributed by atoms with Crippen molar-refractivity contribution < 1.29 is 0 Å². The van der Waals surface area contributed by atoms with Crippen molar-refractivity contribution in [3.63, 3.8) is 0 Å². The number of unbranched alkanes of at least 4 members (excludes halogenated alkanes) is 1. The van der Waals surface area contributed by atoms with Crippen LogP contribution in [0.5, 0.6) is 0 Å². The average Bonchev–Trinajstić information content (AvgIpc) is 2.22. The van der Waals surface area contributed by atoms with Crippen molar-refractivity contribution in [3.05, 3.63) is 0 Å². The maximum atomic E-state index is 5.80. The van der Waals surface area contributed by atoms with Gasteiger partial charge in [0.15, 0.2) is 0 Å². The van der Waals surface area contributed by atoms with E-state index in [0.29, 0.717) is 5.41 Å². The molecular formula is C14H30ClN. The van der Waals surface area contributed by atoms with Gasteiger partial charge in [0.25, 0.3) is 0 Å². The van der Waals surface area contributed by atoms with Crippen LogP contribution in [0.15, 0.2) is 0 Å². The zero-order valence-electron chi connectivity index (χ0n) is 11.6. The normalized spacial score (nSPS) is 14.1. The molecule has 1 atom stereocenters. The first kappa shape index (κ1) is 16.2. The lowest BCUT2D eigenvalue weighted by atomic mass is 9.90. The second kappa shape index (κ2) is 9.30. The molecule has 1 nitrogen and oxygen atoms in total. The molecule has 0 saturated heterocycles. The molecule has 0 amide bonds. The van der Waals surface area contributed by atoms with Gasteiger partial charge in [0.2, 0.25) is 0 Å². The van der Waals surface area contributed by atoms with Crippen molar-refractivity contribution in [2.45, 2.75) is 59.8 Å². The number of nitrogens with one attached hydrogen (secondary N) is 1. The Morgan fingerprint density at radius 2 is 1.94 bits per heavy atom. The lowest BCUT2D eigenvalue weighted by Crippen LogP contribution is -2.33. The van der Waals surface area contributed by atoms with Crippen LogP contribution in [0.25, 0.3) is 0 Å². The second-order valence-electron chi connectivity index (χ2n) is 5.65. The molecule has 0 fully saturated rings. The molecule has 0 aliphatic heterocycles. The molecule has 0 spiro atoms. The van der Waals surface area contributed by atoms with Crippen molar-refractivity contribution >= 4 is 11.6 Å². The van der Waals surface area contributed by atoms with Gasteiger partial charge in [0, 0.05) is 12.4 Å². The first-order valence-corrected chi connectivity index (χ1v) is 7.35. The van der Waals surface area contributed by atoms with Crippen LogP contribution in [0.3, 0.4) is 0 Å². The fraction of sp³-hybridized carbons (Fsp3) is 1.00. The summed E-state index contributed by atoms with van der Waals surface area (Å²) in [5, 5.41) is 3.61. The van der Waals surface area contributed by atoms with E-state index in [1.807, 2.05) is 0 Å². The number of alkyl halides is 1. The minimum Gasteiger partial charge on any atom is -0.316 e. The van der Waals surface area contributed by atoms with E-state index in [1.54, 1.807) is 0 Å². The first-order chi connectivity index (χ1) is 7.55. The Bertz CT molecular complexity index is 157. The molecule has 0 aromatic carbocycles. The van der Waals surface area contributed by atoms with E-state index in [1.165, 1.54) is 32.2 Å². The van der Waals surface area contributed by atoms with E-state index >= 15 is 0 Å². The molecule has 0 aromatic heterocycles. The predicted molar refractivity (Wildman–Crippen MR) is 75.3 cm³/mol. The fourth-order valence-electron chi connectivity index (χ4n) is 1.90. The van der Waals surface area contributed by atoms with E-state index < -0.39 is 0 Å². The third-order valence-corrected chi connectivity index (χ3v) is 3.54. The molecule has 0 aromatic rings. The molecule has 0 saturated carbocycles. The van der Waals surface area contributed by atoms with E-state index in [0.717, 1.165) is 24.8 Å². The SMILES string of the molecule is CCCCC(CC)CNCC(C)(C)CCCl. The Kier molecular flexibility index (Phi) is 9.44. The summed E-state index contributed by atoms with van der Waals surface area (Å²) in [7, 11) is 0. The minimum absolute atomic E-state index is 0.338. The topological polar surface area (TPSA) is 12.0 Å². The van der Waals surface area contributed by atoms with Crippen molar-refractivity contribution in [2.75, 3.05) is 19.0 Å². The molecular weight excluding hydrogens is 218 g/mol. The molecule has 16 heavy (non-hydrogen) atoms. The van der Waals surface area contributed by atoms with Crippen LogP contribution in [0, 0.1) is 11.3 Å². The summed E-state index contributed by atoms with van der Waals surface area (Å²) in [6.45, 7) is 11.4. The number of hydrogen-bond acceptors (Lipinski definition) is 1. The third kappa shape index (κ3) is 8.41. The largest absolute Gasteiger partial charge is 0.316 e. The molecule has 98 valence electrons. The van der Waals surface area contributed by atoms with Crippen LogP contribution in [0.4, 0.5) is 0 Å². The van der Waals surface area contributed by atoms with Gasteiger partial charge >= 0.3 is 0 Å². The van der Waals surface area contributed by atoms with Gasteiger partial charge in [0.05, 0.1) is 0 Å². The number of halogens is 1. The monoisotopic (exact) mass is 247 g/mol. The maximum Gasteiger partial charge on any atom is 0.0229 e. The van der Waals surface area contributed by atoms with Crippen molar-refractivity contribution in [2.24, 2.45) is 11.3 Å². The Hall–Kier alpha value is 0.250. The summed E-state index contributed by atoms with van der Waals surface area (Å²) in [6, 6.07) is 0. The van der Waals surface area contributed by atoms with Crippen molar-refractivity contribution in [3.8, 4) is 0 Å². The van der Waals surface area contributed by atoms with Crippen LogP contribution in [0.2, 0.25) is 0 Å². The molecule has 0 aliphatic carbocycles. The summed E-state index contributed by atoms with van der Waals surface area (Å²) in [4.78, 5) is 0. The van der Waals surface area contributed by atoms with Gasteiger partial charge in [0.1, 0.15) is 0 Å². The quantitative estimate of drug-likeness (QED) is 0.563. The van der Waals surface area contributed by atoms with Gasteiger partial charge < -0.3 is 5.32 Å². The molecule has 1 unspecified atom stereocenters. The van der Waals surface area contributed by atoms with Crippen molar-refractivity contribution in [1.29, 1.82) is 0 Å². The highest BCUT2D eigenvalue weighted by Crippen LogP contribution is 2.20. The second-order valence-corrected chi connectivity index (χ2v) is 6.03. The van der Waals surface area contributed by atoms with Crippen LogP contribution in [0.1, 0.15) is 59.8 Å². The third-order valence-electron chi connectivity index (χ3n) is 3.35. The highest BCUT2D eigenvalue weighted by molar-refractivity contribution is 6.17. The van der Waals surface area contributed by atoms with Gasteiger partial charge in [-0.15, -0.1) is 11.6 Å². The Morgan fingerprint density at radius 1 is 1.25 bits per heavy atom. The fourth-order valence-corrected chi connectivity index (χ4v) is 2.41. The summed E-state index contributed by atoms with van der Waals surface area (Å²) in [6.07, 6.45) is 6.44. The van der Waals surface area contributed by atoms with Gasteiger partial charge in [-0.2, -0.15) is 0 Å². The Balaban J connectivity index is 3.68. The van der Waals surface area contributed by atoms with E-state index in [2.05, 4.69) is 33.0 Å². The van der Waals surface area contributed by atoms with Crippen LogP contribution >= 0.6 is 11.6 Å². The molecule has 0 rings (SSSR count). The summed E-state index contributed by atoms with van der Waals surface area (Å²) >= 11 is 5.80. The number of hydrogen-bond donors (Lipinski definition) is 1. The van der Waals surface area contributed by atoms with Gasteiger partial charge in [-0.05, 0) is 30.7 Å². The van der Waals surface area contributed by atoms with E-state index in [9.17, 15) is 0 Å². The summed E-state index contributed by atoms with van der Waals surface area (Å²) in [5.41, 5.74) is 0.338. The molecule has 0 radical (unpaired) electrons. The summed E-state index contributed by atoms with van der Waals surface area (Å²) in [5.74, 6) is 1.62. The molecule has 0 bridgehead atoms. The van der Waals surface area contributed by atoms with E-state index in [4.69, 9.17) is 11.6 Å². The van der Waals surface area contributed by atoms with Gasteiger partial charge in [-0.1, -0.05) is 47.0 Å². The highest BCUT2D eigenvalue weighted by atomic mass is 35.5. The predicted octanol–water partition coefficient (Wildman–Crippen LogP) is 4.45. The smallest absolute Gasteiger partial charge is 0.0229 e. The average molecular weight is 248 g/mol. The first-order valence-electron chi connectivity index (χ1n) is 6.82. The summed E-state index contributed by atoms with van der Waals surface area (Å²) < 4.78 is 0. The molecule has 1 N–H and O–H groups in total. The van der Waals surface area contributed by atoms with Gasteiger partial charge in [-0.3, -0.25) is 0 Å². The zero-order chi connectivity index (χ0) is 12.4. The van der Waals surface area contributed by atoms with E-state index in [-0.39, 0.29) is 0 Å². The number of rotatable bonds is 10. The molecule has 2 heteroatoms. The van der Waals surface area contributed by atoms with Crippen LogP contribution < -0.4 is 5.32 Å². The minimum atomic E-state index is 0.338.